The summed E-state index contributed by atoms with van der Waals surface area (Å²) in [7, 11) is 0. The fraction of sp³-hybridized carbons (Fsp3) is 0.188. The van der Waals surface area contributed by atoms with Gasteiger partial charge in [0, 0.05) is 6.42 Å². The summed E-state index contributed by atoms with van der Waals surface area (Å²) in [6, 6.07) is 15.8. The van der Waals surface area contributed by atoms with Crippen molar-refractivity contribution in [3.05, 3.63) is 65.2 Å². The Hall–Kier alpha value is -2.31. The molecular formula is C16H15NO2. The number of nitriles is 1. The standard InChI is InChI=1S/C16H15NO2/c1-16(19,10-12-5-7-15(18)8-6-12)14-4-2-3-13(9-14)11-17/h2-9,18-19H,10H2,1H3. The van der Waals surface area contributed by atoms with Crippen molar-refractivity contribution in [1.82, 2.24) is 0 Å². The summed E-state index contributed by atoms with van der Waals surface area (Å²) in [5.41, 5.74) is 1.11. The molecule has 2 rings (SSSR count). The normalized spacial score (nSPS) is 13.5. The molecule has 3 heteroatoms. The SMILES string of the molecule is CC(O)(Cc1ccc(O)cc1)c1cccc(C#N)c1. The molecule has 0 saturated carbocycles. The zero-order valence-corrected chi connectivity index (χ0v) is 10.7. The van der Waals surface area contributed by atoms with Crippen molar-refractivity contribution in [1.29, 1.82) is 5.26 Å². The van der Waals surface area contributed by atoms with E-state index in [1.165, 1.54) is 0 Å². The van der Waals surface area contributed by atoms with Crippen molar-refractivity contribution in [2.45, 2.75) is 18.9 Å². The minimum atomic E-state index is -1.05. The van der Waals surface area contributed by atoms with E-state index in [0.717, 1.165) is 5.56 Å². The fourth-order valence-electron chi connectivity index (χ4n) is 2.04. The topological polar surface area (TPSA) is 64.2 Å². The minimum Gasteiger partial charge on any atom is -0.508 e. The summed E-state index contributed by atoms with van der Waals surface area (Å²) in [4.78, 5) is 0. The van der Waals surface area contributed by atoms with Crippen molar-refractivity contribution in [3.8, 4) is 11.8 Å². The van der Waals surface area contributed by atoms with Gasteiger partial charge in [0.25, 0.3) is 0 Å². The van der Waals surface area contributed by atoms with Crippen molar-refractivity contribution in [2.75, 3.05) is 0 Å². The van der Waals surface area contributed by atoms with E-state index in [9.17, 15) is 10.2 Å². The van der Waals surface area contributed by atoms with Gasteiger partial charge >= 0.3 is 0 Å². The van der Waals surface area contributed by atoms with Gasteiger partial charge in [-0.2, -0.15) is 5.26 Å². The summed E-state index contributed by atoms with van der Waals surface area (Å²) >= 11 is 0. The molecule has 0 aromatic heterocycles. The highest BCUT2D eigenvalue weighted by molar-refractivity contribution is 5.36. The quantitative estimate of drug-likeness (QED) is 0.884. The first kappa shape index (κ1) is 13.1. The van der Waals surface area contributed by atoms with Gasteiger partial charge in [-0.3, -0.25) is 0 Å². The summed E-state index contributed by atoms with van der Waals surface area (Å²) < 4.78 is 0. The van der Waals surface area contributed by atoms with E-state index in [-0.39, 0.29) is 5.75 Å². The molecule has 1 atom stereocenters. The van der Waals surface area contributed by atoms with Crippen LogP contribution in [0.15, 0.2) is 48.5 Å². The molecule has 0 bridgehead atoms. The highest BCUT2D eigenvalue weighted by Gasteiger charge is 2.23. The minimum absolute atomic E-state index is 0.204. The predicted molar refractivity (Wildman–Crippen MR) is 72.5 cm³/mol. The van der Waals surface area contributed by atoms with Crippen LogP contribution in [0.2, 0.25) is 0 Å². The molecule has 2 N–H and O–H groups in total. The summed E-state index contributed by atoms with van der Waals surface area (Å²) in [6.45, 7) is 1.72. The second kappa shape index (κ2) is 5.13. The highest BCUT2D eigenvalue weighted by atomic mass is 16.3. The Morgan fingerprint density at radius 2 is 1.84 bits per heavy atom. The van der Waals surface area contributed by atoms with Gasteiger partial charge < -0.3 is 10.2 Å². The van der Waals surface area contributed by atoms with Crippen LogP contribution in [0.1, 0.15) is 23.6 Å². The van der Waals surface area contributed by atoms with E-state index in [0.29, 0.717) is 17.5 Å². The average Bonchev–Trinajstić information content (AvgIpc) is 2.41. The van der Waals surface area contributed by atoms with Gasteiger partial charge in [-0.15, -0.1) is 0 Å². The van der Waals surface area contributed by atoms with Crippen LogP contribution in [0.4, 0.5) is 0 Å². The summed E-state index contributed by atoms with van der Waals surface area (Å²) in [5.74, 6) is 0.204. The van der Waals surface area contributed by atoms with Gasteiger partial charge in [0.15, 0.2) is 0 Å². The van der Waals surface area contributed by atoms with E-state index in [2.05, 4.69) is 6.07 Å². The number of aromatic hydroxyl groups is 1. The Morgan fingerprint density at radius 3 is 2.47 bits per heavy atom. The van der Waals surface area contributed by atoms with Gasteiger partial charge in [0.1, 0.15) is 5.75 Å². The molecular weight excluding hydrogens is 238 g/mol. The molecule has 0 aliphatic heterocycles. The van der Waals surface area contributed by atoms with E-state index < -0.39 is 5.60 Å². The lowest BCUT2D eigenvalue weighted by Crippen LogP contribution is -2.24. The van der Waals surface area contributed by atoms with Crippen LogP contribution in [0.3, 0.4) is 0 Å². The van der Waals surface area contributed by atoms with Crippen molar-refractivity contribution < 1.29 is 10.2 Å². The molecule has 0 radical (unpaired) electrons. The lowest BCUT2D eigenvalue weighted by molar-refractivity contribution is 0.0576. The number of hydrogen-bond acceptors (Lipinski definition) is 3. The lowest BCUT2D eigenvalue weighted by atomic mass is 9.88. The Bertz CT molecular complexity index is 609. The maximum atomic E-state index is 10.6. The van der Waals surface area contributed by atoms with Gasteiger partial charge in [-0.1, -0.05) is 24.3 Å². The molecule has 0 fully saturated rings. The molecule has 0 heterocycles. The van der Waals surface area contributed by atoms with Gasteiger partial charge in [-0.05, 0) is 42.3 Å². The van der Waals surface area contributed by atoms with Crippen LogP contribution in [-0.4, -0.2) is 10.2 Å². The van der Waals surface area contributed by atoms with Crippen LogP contribution in [0, 0.1) is 11.3 Å². The zero-order chi connectivity index (χ0) is 13.9. The highest BCUT2D eigenvalue weighted by Crippen LogP contribution is 2.26. The third kappa shape index (κ3) is 3.12. The number of hydrogen-bond donors (Lipinski definition) is 2. The van der Waals surface area contributed by atoms with Crippen LogP contribution in [0.25, 0.3) is 0 Å². The third-order valence-corrected chi connectivity index (χ3v) is 3.10. The number of nitrogens with zero attached hydrogens (tertiary/aromatic N) is 1. The predicted octanol–water partition coefficient (Wildman–Crippen LogP) is 2.71. The number of benzene rings is 2. The maximum absolute atomic E-state index is 10.6. The number of rotatable bonds is 3. The first-order valence-corrected chi connectivity index (χ1v) is 6.02. The summed E-state index contributed by atoms with van der Waals surface area (Å²) in [6.07, 6.45) is 0.419. The molecule has 0 saturated heterocycles. The molecule has 0 aliphatic carbocycles. The van der Waals surface area contributed by atoms with Crippen molar-refractivity contribution in [2.24, 2.45) is 0 Å². The number of phenolic OH excluding ortho intramolecular Hbond substituents is 1. The van der Waals surface area contributed by atoms with Crippen molar-refractivity contribution in [3.63, 3.8) is 0 Å². The Kier molecular flexibility index (Phi) is 3.55. The summed E-state index contributed by atoms with van der Waals surface area (Å²) in [5, 5.41) is 28.7. The van der Waals surface area contributed by atoms with E-state index in [1.807, 2.05) is 0 Å². The van der Waals surface area contributed by atoms with Gasteiger partial charge in [0.2, 0.25) is 0 Å². The second-order valence-electron chi connectivity index (χ2n) is 4.81. The van der Waals surface area contributed by atoms with Crippen LogP contribution in [-0.2, 0) is 12.0 Å². The van der Waals surface area contributed by atoms with Crippen LogP contribution < -0.4 is 0 Å². The Morgan fingerprint density at radius 1 is 1.16 bits per heavy atom. The number of aliphatic hydroxyl groups is 1. The maximum Gasteiger partial charge on any atom is 0.115 e. The number of phenols is 1. The van der Waals surface area contributed by atoms with Crippen LogP contribution >= 0.6 is 0 Å². The van der Waals surface area contributed by atoms with E-state index in [1.54, 1.807) is 55.5 Å². The van der Waals surface area contributed by atoms with Crippen molar-refractivity contribution >= 4 is 0 Å². The Labute approximate surface area is 112 Å². The molecule has 0 amide bonds. The molecule has 96 valence electrons. The third-order valence-electron chi connectivity index (χ3n) is 3.10. The molecule has 0 spiro atoms. The zero-order valence-electron chi connectivity index (χ0n) is 10.7. The molecule has 2 aromatic rings. The smallest absolute Gasteiger partial charge is 0.115 e. The molecule has 2 aromatic carbocycles. The molecule has 1 unspecified atom stereocenters. The monoisotopic (exact) mass is 253 g/mol. The van der Waals surface area contributed by atoms with Gasteiger partial charge in [-0.25, -0.2) is 0 Å². The van der Waals surface area contributed by atoms with Gasteiger partial charge in [0.05, 0.1) is 17.2 Å². The Balaban J connectivity index is 2.26. The second-order valence-corrected chi connectivity index (χ2v) is 4.81. The lowest BCUT2D eigenvalue weighted by Gasteiger charge is -2.24. The molecule has 3 nitrogen and oxygen atoms in total. The van der Waals surface area contributed by atoms with Crippen LogP contribution in [0.5, 0.6) is 5.75 Å². The molecule has 19 heavy (non-hydrogen) atoms. The largest absolute Gasteiger partial charge is 0.508 e. The molecule has 0 aliphatic rings. The van der Waals surface area contributed by atoms with E-state index in [4.69, 9.17) is 5.26 Å². The van der Waals surface area contributed by atoms with E-state index >= 15 is 0 Å². The average molecular weight is 253 g/mol. The fourth-order valence-corrected chi connectivity index (χ4v) is 2.04. The first-order chi connectivity index (χ1) is 9.01. The first-order valence-electron chi connectivity index (χ1n) is 6.02.